The zero-order valence-electron chi connectivity index (χ0n) is 12.8. The highest BCUT2D eigenvalue weighted by Crippen LogP contribution is 2.28. The summed E-state index contributed by atoms with van der Waals surface area (Å²) >= 11 is 6.45. The van der Waals surface area contributed by atoms with Crippen LogP contribution in [0.1, 0.15) is 46.6 Å². The Hall–Kier alpha value is -0.730. The molecule has 3 heteroatoms. The van der Waals surface area contributed by atoms with E-state index in [2.05, 4.69) is 63.0 Å². The Morgan fingerprint density at radius 2 is 1.89 bits per heavy atom. The number of nitrogens with zero attached hydrogens (tertiary/aromatic N) is 1. The molecule has 0 bridgehead atoms. The summed E-state index contributed by atoms with van der Waals surface area (Å²) < 4.78 is 0. The fourth-order valence-electron chi connectivity index (χ4n) is 2.11. The number of benzene rings is 1. The first-order valence-corrected chi connectivity index (χ1v) is 7.62. The van der Waals surface area contributed by atoms with Gasteiger partial charge in [0.15, 0.2) is 0 Å². The van der Waals surface area contributed by atoms with Crippen molar-refractivity contribution in [3.8, 4) is 0 Å². The molecule has 0 amide bonds. The molecule has 0 fully saturated rings. The van der Waals surface area contributed by atoms with Gasteiger partial charge in [0.2, 0.25) is 0 Å². The molecule has 0 spiro atoms. The Kier molecular flexibility index (Phi) is 6.67. The molecule has 0 aliphatic rings. The Bertz CT molecular complexity index is 388. The van der Waals surface area contributed by atoms with Gasteiger partial charge in [0.1, 0.15) is 0 Å². The van der Waals surface area contributed by atoms with E-state index in [4.69, 9.17) is 11.6 Å². The molecule has 1 N–H and O–H groups in total. The number of rotatable bonds is 7. The zero-order valence-corrected chi connectivity index (χ0v) is 13.6. The molecule has 1 aromatic rings. The quantitative estimate of drug-likeness (QED) is 0.794. The summed E-state index contributed by atoms with van der Waals surface area (Å²) in [6, 6.07) is 7.36. The van der Waals surface area contributed by atoms with Crippen molar-refractivity contribution < 1.29 is 0 Å². The van der Waals surface area contributed by atoms with E-state index in [-0.39, 0.29) is 0 Å². The van der Waals surface area contributed by atoms with Crippen LogP contribution < -0.4 is 10.2 Å². The maximum Gasteiger partial charge on any atom is 0.0642 e. The molecule has 2 nitrogen and oxygen atoms in total. The van der Waals surface area contributed by atoms with Gasteiger partial charge < -0.3 is 10.2 Å². The molecule has 0 atom stereocenters. The summed E-state index contributed by atoms with van der Waals surface area (Å²) in [6.07, 6.45) is 1.13. The van der Waals surface area contributed by atoms with Crippen molar-refractivity contribution in [3.05, 3.63) is 28.8 Å². The lowest BCUT2D eigenvalue weighted by Crippen LogP contribution is -2.31. The van der Waals surface area contributed by atoms with Gasteiger partial charge in [-0.2, -0.15) is 0 Å². The standard InChI is InChI=1S/C16H27ClN2/c1-6-9-19(13(4)5)16-8-7-14(10-15(16)17)11-18-12(2)3/h7-8,10,12-13,18H,6,9,11H2,1-5H3. The lowest BCUT2D eigenvalue weighted by atomic mass is 10.1. The average molecular weight is 283 g/mol. The first-order chi connectivity index (χ1) is 8.95. The van der Waals surface area contributed by atoms with E-state index in [1.165, 1.54) is 5.56 Å². The second kappa shape index (κ2) is 7.76. The van der Waals surface area contributed by atoms with Crippen molar-refractivity contribution >= 4 is 17.3 Å². The molecule has 0 radical (unpaired) electrons. The predicted octanol–water partition coefficient (Wildman–Crippen LogP) is 4.46. The van der Waals surface area contributed by atoms with E-state index < -0.39 is 0 Å². The highest BCUT2D eigenvalue weighted by Gasteiger charge is 2.13. The number of hydrogen-bond acceptors (Lipinski definition) is 2. The van der Waals surface area contributed by atoms with Gasteiger partial charge >= 0.3 is 0 Å². The van der Waals surface area contributed by atoms with Crippen LogP contribution in [-0.4, -0.2) is 18.6 Å². The molecule has 0 saturated heterocycles. The summed E-state index contributed by atoms with van der Waals surface area (Å²) in [6.45, 7) is 12.8. The van der Waals surface area contributed by atoms with Crippen LogP contribution in [0.25, 0.3) is 0 Å². The Labute approximate surface area is 123 Å². The SMILES string of the molecule is CCCN(c1ccc(CNC(C)C)cc1Cl)C(C)C. The van der Waals surface area contributed by atoms with Crippen LogP contribution in [0.4, 0.5) is 5.69 Å². The maximum absolute atomic E-state index is 6.45. The van der Waals surface area contributed by atoms with Gasteiger partial charge in [-0.25, -0.2) is 0 Å². The summed E-state index contributed by atoms with van der Waals surface area (Å²) in [5.41, 5.74) is 2.38. The van der Waals surface area contributed by atoms with Gasteiger partial charge in [-0.15, -0.1) is 0 Å². The van der Waals surface area contributed by atoms with Crippen LogP contribution in [0, 0.1) is 0 Å². The van der Waals surface area contributed by atoms with Crippen molar-refractivity contribution in [1.82, 2.24) is 5.32 Å². The number of nitrogens with one attached hydrogen (secondary N) is 1. The minimum absolute atomic E-state index is 0.470. The minimum Gasteiger partial charge on any atom is -0.368 e. The van der Waals surface area contributed by atoms with E-state index in [0.29, 0.717) is 12.1 Å². The molecule has 0 aliphatic heterocycles. The molecule has 1 rings (SSSR count). The van der Waals surface area contributed by atoms with Crippen LogP contribution in [0.3, 0.4) is 0 Å². The molecule has 0 heterocycles. The molecule has 0 aliphatic carbocycles. The van der Waals surface area contributed by atoms with Gasteiger partial charge in [-0.3, -0.25) is 0 Å². The molecular weight excluding hydrogens is 256 g/mol. The Morgan fingerprint density at radius 3 is 2.37 bits per heavy atom. The smallest absolute Gasteiger partial charge is 0.0642 e. The molecule has 108 valence electrons. The van der Waals surface area contributed by atoms with Gasteiger partial charge in [-0.05, 0) is 38.0 Å². The third-order valence-electron chi connectivity index (χ3n) is 3.12. The number of halogens is 1. The van der Waals surface area contributed by atoms with Crippen LogP contribution >= 0.6 is 11.6 Å². The zero-order chi connectivity index (χ0) is 14.4. The van der Waals surface area contributed by atoms with Crippen molar-refractivity contribution in [2.75, 3.05) is 11.4 Å². The van der Waals surface area contributed by atoms with E-state index >= 15 is 0 Å². The predicted molar refractivity (Wildman–Crippen MR) is 86.2 cm³/mol. The normalized spacial score (nSPS) is 11.4. The largest absolute Gasteiger partial charge is 0.368 e. The third-order valence-corrected chi connectivity index (χ3v) is 3.43. The Morgan fingerprint density at radius 1 is 1.21 bits per heavy atom. The van der Waals surface area contributed by atoms with E-state index in [1.54, 1.807) is 0 Å². The van der Waals surface area contributed by atoms with Crippen molar-refractivity contribution in [2.45, 2.75) is 59.7 Å². The summed E-state index contributed by atoms with van der Waals surface area (Å²) in [5.74, 6) is 0. The Balaban J connectivity index is 2.86. The summed E-state index contributed by atoms with van der Waals surface area (Å²) in [7, 11) is 0. The molecule has 19 heavy (non-hydrogen) atoms. The highest BCUT2D eigenvalue weighted by atomic mass is 35.5. The number of hydrogen-bond donors (Lipinski definition) is 1. The first kappa shape index (κ1) is 16.3. The lowest BCUT2D eigenvalue weighted by Gasteiger charge is -2.29. The first-order valence-electron chi connectivity index (χ1n) is 7.24. The number of anilines is 1. The lowest BCUT2D eigenvalue weighted by molar-refractivity contribution is 0.588. The van der Waals surface area contributed by atoms with Crippen LogP contribution in [0.2, 0.25) is 5.02 Å². The van der Waals surface area contributed by atoms with Crippen LogP contribution in [0.15, 0.2) is 18.2 Å². The summed E-state index contributed by atoms with van der Waals surface area (Å²) in [4.78, 5) is 2.36. The van der Waals surface area contributed by atoms with Crippen LogP contribution in [-0.2, 0) is 6.54 Å². The monoisotopic (exact) mass is 282 g/mol. The maximum atomic E-state index is 6.45. The third kappa shape index (κ3) is 5.04. The fraction of sp³-hybridized carbons (Fsp3) is 0.625. The van der Waals surface area contributed by atoms with Gasteiger partial charge in [0.25, 0.3) is 0 Å². The van der Waals surface area contributed by atoms with Gasteiger partial charge in [-0.1, -0.05) is 38.4 Å². The second-order valence-electron chi connectivity index (χ2n) is 5.61. The van der Waals surface area contributed by atoms with E-state index in [0.717, 1.165) is 30.2 Å². The average Bonchev–Trinajstić information content (AvgIpc) is 2.34. The molecule has 0 saturated carbocycles. The van der Waals surface area contributed by atoms with Gasteiger partial charge in [0, 0.05) is 25.2 Å². The van der Waals surface area contributed by atoms with Crippen LogP contribution in [0.5, 0.6) is 0 Å². The van der Waals surface area contributed by atoms with Crippen molar-refractivity contribution in [2.24, 2.45) is 0 Å². The van der Waals surface area contributed by atoms with Crippen molar-refractivity contribution in [1.29, 1.82) is 0 Å². The second-order valence-corrected chi connectivity index (χ2v) is 6.02. The highest BCUT2D eigenvalue weighted by molar-refractivity contribution is 6.33. The molecule has 1 aromatic carbocycles. The van der Waals surface area contributed by atoms with Crippen molar-refractivity contribution in [3.63, 3.8) is 0 Å². The van der Waals surface area contributed by atoms with E-state index in [1.807, 2.05) is 0 Å². The van der Waals surface area contributed by atoms with Gasteiger partial charge in [0.05, 0.1) is 10.7 Å². The minimum atomic E-state index is 0.470. The molecule has 0 unspecified atom stereocenters. The topological polar surface area (TPSA) is 15.3 Å². The summed E-state index contributed by atoms with van der Waals surface area (Å²) in [5, 5.41) is 4.27. The molecule has 0 aromatic heterocycles. The molecular formula is C16H27ClN2. The fourth-order valence-corrected chi connectivity index (χ4v) is 2.42. The van der Waals surface area contributed by atoms with E-state index in [9.17, 15) is 0 Å².